The number of halogens is 1. The van der Waals surface area contributed by atoms with E-state index in [1.807, 2.05) is 0 Å². The van der Waals surface area contributed by atoms with E-state index in [0.29, 0.717) is 0 Å². The third-order valence-electron chi connectivity index (χ3n) is 1.96. The van der Waals surface area contributed by atoms with E-state index in [2.05, 4.69) is 9.97 Å². The minimum Gasteiger partial charge on any atom is -0.478 e. The van der Waals surface area contributed by atoms with E-state index >= 15 is 0 Å². The Bertz CT molecular complexity index is 560. The average molecular weight is 251 g/mol. The number of carbonyl (C=O) groups is 1. The summed E-state index contributed by atoms with van der Waals surface area (Å²) in [6.07, 6.45) is 2.64. The van der Waals surface area contributed by atoms with Crippen LogP contribution in [0.1, 0.15) is 10.4 Å². The second-order valence-electron chi connectivity index (χ2n) is 3.08. The summed E-state index contributed by atoms with van der Waals surface area (Å²) < 4.78 is 5.34. The first-order valence-corrected chi connectivity index (χ1v) is 5.02. The van der Waals surface area contributed by atoms with Crippen molar-refractivity contribution in [1.82, 2.24) is 9.97 Å². The fourth-order valence-electron chi connectivity index (χ4n) is 1.21. The fraction of sp³-hybridized carbons (Fsp3) is 0. The number of aromatic carboxylic acids is 1. The standard InChI is InChI=1S/C11H7ClN2O3/c12-8-5-13-6-14-10(8)17-9-4-2-1-3-7(9)11(15)16/h1-6H,(H,15,16). The topological polar surface area (TPSA) is 72.3 Å². The first-order valence-electron chi connectivity index (χ1n) is 4.64. The van der Waals surface area contributed by atoms with E-state index in [9.17, 15) is 4.79 Å². The number of hydrogen-bond acceptors (Lipinski definition) is 4. The van der Waals surface area contributed by atoms with Gasteiger partial charge in [-0.15, -0.1) is 0 Å². The SMILES string of the molecule is O=C(O)c1ccccc1Oc1ncncc1Cl. The number of carboxylic acids is 1. The summed E-state index contributed by atoms with van der Waals surface area (Å²) in [5.74, 6) is -0.776. The van der Waals surface area contributed by atoms with E-state index in [0.717, 1.165) is 0 Å². The molecule has 0 aliphatic heterocycles. The molecule has 0 fully saturated rings. The quantitative estimate of drug-likeness (QED) is 0.907. The van der Waals surface area contributed by atoms with Gasteiger partial charge in [-0.2, -0.15) is 0 Å². The van der Waals surface area contributed by atoms with Crippen LogP contribution in [0.4, 0.5) is 0 Å². The van der Waals surface area contributed by atoms with Crippen LogP contribution >= 0.6 is 11.6 Å². The average Bonchev–Trinajstić information content (AvgIpc) is 2.32. The Hall–Kier alpha value is -2.14. The van der Waals surface area contributed by atoms with E-state index in [4.69, 9.17) is 21.4 Å². The molecule has 0 aliphatic rings. The van der Waals surface area contributed by atoms with Gasteiger partial charge in [0.1, 0.15) is 22.7 Å². The van der Waals surface area contributed by atoms with E-state index in [-0.39, 0.29) is 22.2 Å². The maximum atomic E-state index is 11.0. The lowest BCUT2D eigenvalue weighted by Gasteiger charge is -2.07. The summed E-state index contributed by atoms with van der Waals surface area (Å²) in [5.41, 5.74) is 0.0437. The van der Waals surface area contributed by atoms with Crippen molar-refractivity contribution in [3.63, 3.8) is 0 Å². The number of nitrogens with zero attached hydrogens (tertiary/aromatic N) is 2. The molecule has 0 atom stereocenters. The minimum atomic E-state index is -1.08. The molecule has 1 aromatic carbocycles. The molecule has 0 spiro atoms. The Labute approximate surface area is 102 Å². The molecular weight excluding hydrogens is 244 g/mol. The zero-order valence-electron chi connectivity index (χ0n) is 8.50. The van der Waals surface area contributed by atoms with Gasteiger partial charge in [0.2, 0.25) is 5.88 Å². The molecule has 1 aromatic heterocycles. The second-order valence-corrected chi connectivity index (χ2v) is 3.49. The van der Waals surface area contributed by atoms with Gasteiger partial charge in [-0.25, -0.2) is 14.8 Å². The number of ether oxygens (including phenoxy) is 1. The normalized spacial score (nSPS) is 9.94. The number of rotatable bonds is 3. The highest BCUT2D eigenvalue weighted by molar-refractivity contribution is 6.31. The highest BCUT2D eigenvalue weighted by atomic mass is 35.5. The van der Waals surface area contributed by atoms with Gasteiger partial charge in [-0.05, 0) is 12.1 Å². The molecule has 0 aliphatic carbocycles. The number of para-hydroxylation sites is 1. The third-order valence-corrected chi connectivity index (χ3v) is 2.22. The van der Waals surface area contributed by atoms with Crippen molar-refractivity contribution < 1.29 is 14.6 Å². The summed E-state index contributed by atoms with van der Waals surface area (Å²) in [6.45, 7) is 0. The maximum Gasteiger partial charge on any atom is 0.339 e. The second kappa shape index (κ2) is 4.80. The molecular formula is C11H7ClN2O3. The maximum absolute atomic E-state index is 11.0. The largest absolute Gasteiger partial charge is 0.478 e. The van der Waals surface area contributed by atoms with Crippen LogP contribution in [0.3, 0.4) is 0 Å². The van der Waals surface area contributed by atoms with Gasteiger partial charge >= 0.3 is 5.97 Å². The summed E-state index contributed by atoms with van der Waals surface area (Å²) in [5, 5.41) is 9.18. The molecule has 17 heavy (non-hydrogen) atoms. The third kappa shape index (κ3) is 2.51. The molecule has 2 rings (SSSR count). The van der Waals surface area contributed by atoms with Crippen LogP contribution in [0.5, 0.6) is 11.6 Å². The van der Waals surface area contributed by atoms with Crippen LogP contribution in [0, 0.1) is 0 Å². The molecule has 0 unspecified atom stereocenters. The molecule has 0 bridgehead atoms. The minimum absolute atomic E-state index is 0.0437. The van der Waals surface area contributed by atoms with E-state index in [1.54, 1.807) is 12.1 Å². The number of hydrogen-bond donors (Lipinski definition) is 1. The van der Waals surface area contributed by atoms with Crippen LogP contribution in [0.2, 0.25) is 5.02 Å². The number of carboxylic acid groups (broad SMARTS) is 1. The van der Waals surface area contributed by atoms with Crippen LogP contribution in [0.25, 0.3) is 0 Å². The summed E-state index contributed by atoms with van der Waals surface area (Å²) in [6, 6.07) is 6.24. The molecule has 5 nitrogen and oxygen atoms in total. The van der Waals surface area contributed by atoms with E-state index in [1.165, 1.54) is 24.7 Å². The first kappa shape index (κ1) is 11.3. The molecule has 2 aromatic rings. The first-order chi connectivity index (χ1) is 8.18. The monoisotopic (exact) mass is 250 g/mol. The van der Waals surface area contributed by atoms with E-state index < -0.39 is 5.97 Å². The molecule has 0 amide bonds. The molecule has 0 saturated carbocycles. The van der Waals surface area contributed by atoms with Crippen molar-refractivity contribution in [3.05, 3.63) is 47.4 Å². The Morgan fingerprint density at radius 3 is 2.82 bits per heavy atom. The molecule has 6 heteroatoms. The van der Waals surface area contributed by atoms with Crippen LogP contribution in [-0.2, 0) is 0 Å². The van der Waals surface area contributed by atoms with Crippen LogP contribution < -0.4 is 4.74 Å². The summed E-state index contributed by atoms with van der Waals surface area (Å²) in [7, 11) is 0. The highest BCUT2D eigenvalue weighted by Crippen LogP contribution is 2.28. The van der Waals surface area contributed by atoms with Gasteiger partial charge < -0.3 is 9.84 Å². The zero-order valence-corrected chi connectivity index (χ0v) is 9.26. The van der Waals surface area contributed by atoms with Crippen molar-refractivity contribution >= 4 is 17.6 Å². The Balaban J connectivity index is 2.37. The molecule has 86 valence electrons. The van der Waals surface area contributed by atoms with Gasteiger partial charge in [0.15, 0.2) is 0 Å². The van der Waals surface area contributed by atoms with Gasteiger partial charge in [0.25, 0.3) is 0 Å². The predicted octanol–water partition coefficient (Wildman–Crippen LogP) is 2.62. The summed E-state index contributed by atoms with van der Waals surface area (Å²) in [4.78, 5) is 18.5. The highest BCUT2D eigenvalue weighted by Gasteiger charge is 2.12. The van der Waals surface area contributed by atoms with Crippen molar-refractivity contribution in [2.75, 3.05) is 0 Å². The van der Waals surface area contributed by atoms with Crippen molar-refractivity contribution in [2.24, 2.45) is 0 Å². The predicted molar refractivity (Wildman–Crippen MR) is 60.5 cm³/mol. The van der Waals surface area contributed by atoms with Crippen molar-refractivity contribution in [3.8, 4) is 11.6 Å². The Morgan fingerprint density at radius 2 is 2.12 bits per heavy atom. The number of aromatic nitrogens is 2. The Kier molecular flexibility index (Phi) is 3.20. The van der Waals surface area contributed by atoms with Gasteiger partial charge in [-0.1, -0.05) is 23.7 Å². The lowest BCUT2D eigenvalue weighted by atomic mass is 10.2. The summed E-state index contributed by atoms with van der Waals surface area (Å²) >= 11 is 5.81. The fourth-order valence-corrected chi connectivity index (χ4v) is 1.36. The molecule has 0 saturated heterocycles. The van der Waals surface area contributed by atoms with Gasteiger partial charge in [0, 0.05) is 0 Å². The smallest absolute Gasteiger partial charge is 0.339 e. The van der Waals surface area contributed by atoms with Gasteiger partial charge in [-0.3, -0.25) is 0 Å². The number of benzene rings is 1. The van der Waals surface area contributed by atoms with Crippen LogP contribution in [-0.4, -0.2) is 21.0 Å². The zero-order chi connectivity index (χ0) is 12.3. The lowest BCUT2D eigenvalue weighted by molar-refractivity contribution is 0.0694. The molecule has 1 N–H and O–H groups in total. The van der Waals surface area contributed by atoms with Crippen molar-refractivity contribution in [2.45, 2.75) is 0 Å². The van der Waals surface area contributed by atoms with Gasteiger partial charge in [0.05, 0.1) is 6.20 Å². The molecule has 0 radical (unpaired) electrons. The van der Waals surface area contributed by atoms with Crippen LogP contribution in [0.15, 0.2) is 36.8 Å². The lowest BCUT2D eigenvalue weighted by Crippen LogP contribution is -2.00. The Morgan fingerprint density at radius 1 is 1.35 bits per heavy atom. The molecule has 1 heterocycles. The van der Waals surface area contributed by atoms with Crippen molar-refractivity contribution in [1.29, 1.82) is 0 Å².